The maximum absolute atomic E-state index is 11.7. The number of anilines is 1. The van der Waals surface area contributed by atoms with Gasteiger partial charge >= 0.3 is 0 Å². The number of nitrogens with zero attached hydrogens (tertiary/aromatic N) is 4. The van der Waals surface area contributed by atoms with Crippen LogP contribution in [0.5, 0.6) is 0 Å². The van der Waals surface area contributed by atoms with Gasteiger partial charge in [0.15, 0.2) is 0 Å². The highest BCUT2D eigenvalue weighted by molar-refractivity contribution is 5.91. The Bertz CT molecular complexity index is 575. The molecule has 0 bridgehead atoms. The summed E-state index contributed by atoms with van der Waals surface area (Å²) < 4.78 is 1.93. The molecule has 2 aromatic rings. The molecule has 2 rings (SSSR count). The predicted octanol–water partition coefficient (Wildman–Crippen LogP) is 0.646. The van der Waals surface area contributed by atoms with Crippen molar-refractivity contribution >= 4 is 17.9 Å². The minimum absolute atomic E-state index is 0.148. The summed E-state index contributed by atoms with van der Waals surface area (Å²) in [7, 11) is 0. The van der Waals surface area contributed by atoms with Gasteiger partial charge in [0.2, 0.25) is 11.9 Å². The van der Waals surface area contributed by atoms with Crippen molar-refractivity contribution in [3.05, 3.63) is 42.8 Å². The van der Waals surface area contributed by atoms with E-state index in [-0.39, 0.29) is 17.9 Å². The molecule has 0 fully saturated rings. The standard InChI is InChI=1S/C13H16N6O/c1-10(19-5-4-15-9-19)6-16-12(20)3-2-11-7-17-13(14)18-8-11/h2-5,7-10H,6H2,1H3,(H,16,20)(H2,14,17,18). The minimum atomic E-state index is -0.172. The maximum Gasteiger partial charge on any atom is 0.244 e. The molecule has 3 N–H and O–H groups in total. The summed E-state index contributed by atoms with van der Waals surface area (Å²) in [6, 6.07) is 0.148. The lowest BCUT2D eigenvalue weighted by Gasteiger charge is -2.12. The molecule has 0 spiro atoms. The number of nitrogens with one attached hydrogen (secondary N) is 1. The Morgan fingerprint density at radius 3 is 2.90 bits per heavy atom. The lowest BCUT2D eigenvalue weighted by molar-refractivity contribution is -0.116. The first-order valence-corrected chi connectivity index (χ1v) is 6.16. The molecule has 1 unspecified atom stereocenters. The van der Waals surface area contributed by atoms with Crippen LogP contribution in [0.1, 0.15) is 18.5 Å². The smallest absolute Gasteiger partial charge is 0.244 e. The minimum Gasteiger partial charge on any atom is -0.368 e. The monoisotopic (exact) mass is 272 g/mol. The van der Waals surface area contributed by atoms with E-state index in [4.69, 9.17) is 5.73 Å². The molecular weight excluding hydrogens is 256 g/mol. The quantitative estimate of drug-likeness (QED) is 0.778. The van der Waals surface area contributed by atoms with Crippen molar-refractivity contribution in [2.75, 3.05) is 12.3 Å². The van der Waals surface area contributed by atoms with Crippen molar-refractivity contribution in [1.82, 2.24) is 24.8 Å². The second kappa shape index (κ2) is 6.46. The van der Waals surface area contributed by atoms with Crippen molar-refractivity contribution in [3.63, 3.8) is 0 Å². The van der Waals surface area contributed by atoms with E-state index >= 15 is 0 Å². The molecule has 7 nitrogen and oxygen atoms in total. The van der Waals surface area contributed by atoms with Gasteiger partial charge in [0, 0.05) is 49.0 Å². The average molecular weight is 272 g/mol. The summed E-state index contributed by atoms with van der Waals surface area (Å²) in [5.41, 5.74) is 6.10. The summed E-state index contributed by atoms with van der Waals surface area (Å²) >= 11 is 0. The molecule has 20 heavy (non-hydrogen) atoms. The van der Waals surface area contributed by atoms with Gasteiger partial charge < -0.3 is 15.6 Å². The number of carbonyl (C=O) groups is 1. The Kier molecular flexibility index (Phi) is 4.43. The van der Waals surface area contributed by atoms with Crippen LogP contribution in [0.2, 0.25) is 0 Å². The molecule has 1 amide bonds. The van der Waals surface area contributed by atoms with Crippen LogP contribution < -0.4 is 11.1 Å². The first-order valence-electron chi connectivity index (χ1n) is 6.16. The molecule has 0 saturated heterocycles. The third-order valence-corrected chi connectivity index (χ3v) is 2.72. The van der Waals surface area contributed by atoms with E-state index < -0.39 is 0 Å². The molecule has 7 heteroatoms. The highest BCUT2D eigenvalue weighted by Crippen LogP contribution is 2.02. The van der Waals surface area contributed by atoms with Crippen LogP contribution in [0.15, 0.2) is 37.2 Å². The van der Waals surface area contributed by atoms with Crippen molar-refractivity contribution < 1.29 is 4.79 Å². The van der Waals surface area contributed by atoms with Crippen molar-refractivity contribution in [1.29, 1.82) is 0 Å². The van der Waals surface area contributed by atoms with Gasteiger partial charge in [-0.05, 0) is 13.0 Å². The predicted molar refractivity (Wildman–Crippen MR) is 75.4 cm³/mol. The normalized spacial score (nSPS) is 12.4. The molecular formula is C13H16N6O. The van der Waals surface area contributed by atoms with E-state index in [9.17, 15) is 4.79 Å². The van der Waals surface area contributed by atoms with Crippen LogP contribution in [-0.2, 0) is 4.79 Å². The van der Waals surface area contributed by atoms with Crippen LogP contribution in [0, 0.1) is 0 Å². The number of carbonyl (C=O) groups excluding carboxylic acids is 1. The summed E-state index contributed by atoms with van der Waals surface area (Å²) in [6.07, 6.45) is 11.5. The second-order valence-corrected chi connectivity index (χ2v) is 4.31. The number of amides is 1. The Morgan fingerprint density at radius 2 is 2.25 bits per heavy atom. The van der Waals surface area contributed by atoms with Crippen molar-refractivity contribution in [3.8, 4) is 0 Å². The van der Waals surface area contributed by atoms with E-state index in [1.807, 2.05) is 17.7 Å². The number of aromatic nitrogens is 4. The zero-order chi connectivity index (χ0) is 14.4. The van der Waals surface area contributed by atoms with Gasteiger partial charge in [-0.1, -0.05) is 0 Å². The van der Waals surface area contributed by atoms with Crippen molar-refractivity contribution in [2.24, 2.45) is 0 Å². The van der Waals surface area contributed by atoms with Gasteiger partial charge in [0.05, 0.1) is 6.33 Å². The molecule has 0 saturated carbocycles. The van der Waals surface area contributed by atoms with Crippen molar-refractivity contribution in [2.45, 2.75) is 13.0 Å². The fourth-order valence-electron chi connectivity index (χ4n) is 1.55. The third kappa shape index (κ3) is 3.91. The van der Waals surface area contributed by atoms with Gasteiger partial charge in [-0.2, -0.15) is 0 Å². The Labute approximate surface area is 116 Å². The van der Waals surface area contributed by atoms with Crippen LogP contribution in [0.4, 0.5) is 5.95 Å². The number of rotatable bonds is 5. The molecule has 2 heterocycles. The van der Waals surface area contributed by atoms with Gasteiger partial charge in [0.1, 0.15) is 0 Å². The topological polar surface area (TPSA) is 98.7 Å². The fraction of sp³-hybridized carbons (Fsp3) is 0.231. The molecule has 0 aliphatic carbocycles. The molecule has 1 atom stereocenters. The molecule has 104 valence electrons. The number of imidazole rings is 1. The molecule has 0 aliphatic heterocycles. The van der Waals surface area contributed by atoms with Gasteiger partial charge in [-0.3, -0.25) is 4.79 Å². The summed E-state index contributed by atoms with van der Waals surface area (Å²) in [5, 5.41) is 2.81. The fourth-order valence-corrected chi connectivity index (χ4v) is 1.55. The lowest BCUT2D eigenvalue weighted by atomic mass is 10.3. The average Bonchev–Trinajstić information content (AvgIpc) is 2.98. The molecule has 0 aromatic carbocycles. The summed E-state index contributed by atoms with van der Waals surface area (Å²) in [5.74, 6) is 0.0366. The van der Waals surface area contributed by atoms with Crippen LogP contribution in [0.25, 0.3) is 6.08 Å². The van der Waals surface area contributed by atoms with Gasteiger partial charge in [-0.15, -0.1) is 0 Å². The van der Waals surface area contributed by atoms with E-state index in [0.717, 1.165) is 5.56 Å². The van der Waals surface area contributed by atoms with E-state index in [1.54, 1.807) is 31.0 Å². The number of nitrogen functional groups attached to an aromatic ring is 1. The maximum atomic E-state index is 11.7. The molecule has 2 aromatic heterocycles. The Balaban J connectivity index is 1.82. The van der Waals surface area contributed by atoms with E-state index in [1.165, 1.54) is 6.08 Å². The zero-order valence-electron chi connectivity index (χ0n) is 11.1. The van der Waals surface area contributed by atoms with Crippen LogP contribution in [-0.4, -0.2) is 32.0 Å². The first kappa shape index (κ1) is 13.7. The Morgan fingerprint density at radius 1 is 1.50 bits per heavy atom. The SMILES string of the molecule is CC(CNC(=O)C=Cc1cnc(N)nc1)n1ccnc1. The number of hydrogen-bond donors (Lipinski definition) is 2. The van der Waals surface area contributed by atoms with Crippen LogP contribution in [0.3, 0.4) is 0 Å². The second-order valence-electron chi connectivity index (χ2n) is 4.31. The number of hydrogen-bond acceptors (Lipinski definition) is 5. The summed E-state index contributed by atoms with van der Waals surface area (Å²) in [6.45, 7) is 2.53. The third-order valence-electron chi connectivity index (χ3n) is 2.72. The largest absolute Gasteiger partial charge is 0.368 e. The van der Waals surface area contributed by atoms with E-state index in [2.05, 4.69) is 20.3 Å². The van der Waals surface area contributed by atoms with Gasteiger partial charge in [-0.25, -0.2) is 15.0 Å². The molecule has 0 radical (unpaired) electrons. The zero-order valence-corrected chi connectivity index (χ0v) is 11.1. The lowest BCUT2D eigenvalue weighted by Crippen LogP contribution is -2.27. The van der Waals surface area contributed by atoms with E-state index in [0.29, 0.717) is 6.54 Å². The Hall–Kier alpha value is -2.70. The van der Waals surface area contributed by atoms with Gasteiger partial charge in [0.25, 0.3) is 0 Å². The van der Waals surface area contributed by atoms with Crippen LogP contribution >= 0.6 is 0 Å². The summed E-state index contributed by atoms with van der Waals surface area (Å²) in [4.78, 5) is 23.3. The highest BCUT2D eigenvalue weighted by atomic mass is 16.1. The number of nitrogens with two attached hydrogens (primary N) is 1. The first-order chi connectivity index (χ1) is 9.65. The molecule has 0 aliphatic rings. The highest BCUT2D eigenvalue weighted by Gasteiger charge is 2.04.